The van der Waals surface area contributed by atoms with Crippen LogP contribution in [0.2, 0.25) is 0 Å². The Labute approximate surface area is 140 Å². The maximum absolute atomic E-state index is 12.5. The molecular weight excluding hydrogens is 300 g/mol. The zero-order chi connectivity index (χ0) is 16.9. The van der Waals surface area contributed by atoms with Crippen LogP contribution in [-0.4, -0.2) is 18.7 Å². The number of fused-ring (bicyclic) bond motifs is 1. The Kier molecular flexibility index (Phi) is 4.57. The van der Waals surface area contributed by atoms with Crippen LogP contribution in [0.25, 0.3) is 10.8 Å². The zero-order valence-electron chi connectivity index (χ0n) is 13.6. The molecule has 3 aromatic rings. The Morgan fingerprint density at radius 2 is 1.67 bits per heavy atom. The third-order valence-corrected chi connectivity index (χ3v) is 3.87. The van der Waals surface area contributed by atoms with Crippen LogP contribution in [0, 0.1) is 0 Å². The molecule has 0 spiro atoms. The van der Waals surface area contributed by atoms with Gasteiger partial charge in [-0.1, -0.05) is 36.4 Å². The lowest BCUT2D eigenvalue weighted by atomic mass is 10.0. The van der Waals surface area contributed by atoms with E-state index in [2.05, 4.69) is 10.5 Å². The number of hydrazone groups is 1. The number of rotatable bonds is 4. The predicted octanol–water partition coefficient (Wildman–Crippen LogP) is 4.00. The second-order valence-electron chi connectivity index (χ2n) is 5.39. The van der Waals surface area contributed by atoms with Crippen LogP contribution in [0.4, 0.5) is 0 Å². The van der Waals surface area contributed by atoms with Crippen molar-refractivity contribution in [1.29, 1.82) is 0 Å². The van der Waals surface area contributed by atoms with Gasteiger partial charge in [-0.2, -0.15) is 5.10 Å². The van der Waals surface area contributed by atoms with Crippen LogP contribution in [0.3, 0.4) is 0 Å². The van der Waals surface area contributed by atoms with Gasteiger partial charge in [0.2, 0.25) is 0 Å². The van der Waals surface area contributed by atoms with E-state index in [0.717, 1.165) is 27.8 Å². The van der Waals surface area contributed by atoms with E-state index in [1.807, 2.05) is 67.6 Å². The van der Waals surface area contributed by atoms with E-state index in [9.17, 15) is 4.79 Å². The van der Waals surface area contributed by atoms with Crippen LogP contribution >= 0.6 is 0 Å². The topological polar surface area (TPSA) is 50.7 Å². The smallest absolute Gasteiger partial charge is 0.272 e. The molecule has 3 rings (SSSR count). The minimum absolute atomic E-state index is 0.223. The Hall–Kier alpha value is -3.14. The normalized spacial score (nSPS) is 11.3. The Morgan fingerprint density at radius 1 is 0.958 bits per heavy atom. The maximum atomic E-state index is 12.5. The van der Waals surface area contributed by atoms with Gasteiger partial charge in [-0.15, -0.1) is 0 Å². The molecule has 0 saturated heterocycles. The summed E-state index contributed by atoms with van der Waals surface area (Å²) in [5, 5.41) is 6.15. The third-order valence-electron chi connectivity index (χ3n) is 3.87. The van der Waals surface area contributed by atoms with Crippen LogP contribution in [-0.2, 0) is 0 Å². The molecule has 0 aromatic heterocycles. The highest BCUT2D eigenvalue weighted by Crippen LogP contribution is 2.18. The molecule has 1 amide bonds. The molecule has 1 N–H and O–H groups in total. The lowest BCUT2D eigenvalue weighted by Crippen LogP contribution is -2.19. The highest BCUT2D eigenvalue weighted by Gasteiger charge is 2.09. The first-order valence-corrected chi connectivity index (χ1v) is 7.66. The molecule has 0 unspecified atom stereocenters. The standard InChI is InChI=1S/C20H18N2O2/c1-14(15-10-12-17(24-2)13-11-15)21-22-20(23)19-9-5-7-16-6-3-4-8-18(16)19/h3-13H,1-2H3,(H,22,23)/b21-14+. The quantitative estimate of drug-likeness (QED) is 0.584. The molecule has 24 heavy (non-hydrogen) atoms. The van der Waals surface area contributed by atoms with Crippen LogP contribution < -0.4 is 10.2 Å². The monoisotopic (exact) mass is 318 g/mol. The number of hydrogen-bond acceptors (Lipinski definition) is 3. The Balaban J connectivity index is 1.80. The summed E-state index contributed by atoms with van der Waals surface area (Å²) in [7, 11) is 1.63. The fraction of sp³-hybridized carbons (Fsp3) is 0.100. The van der Waals surface area contributed by atoms with Crippen molar-refractivity contribution < 1.29 is 9.53 Å². The molecule has 0 aliphatic rings. The molecule has 3 aromatic carbocycles. The molecule has 0 atom stereocenters. The Morgan fingerprint density at radius 3 is 2.42 bits per heavy atom. The van der Waals surface area contributed by atoms with Crippen LogP contribution in [0.1, 0.15) is 22.8 Å². The van der Waals surface area contributed by atoms with Gasteiger partial charge in [0, 0.05) is 5.56 Å². The van der Waals surface area contributed by atoms with E-state index in [4.69, 9.17) is 4.74 Å². The van der Waals surface area contributed by atoms with E-state index in [-0.39, 0.29) is 5.91 Å². The van der Waals surface area contributed by atoms with Gasteiger partial charge in [0.15, 0.2) is 0 Å². The second kappa shape index (κ2) is 6.96. The largest absolute Gasteiger partial charge is 0.497 e. The summed E-state index contributed by atoms with van der Waals surface area (Å²) in [5.74, 6) is 0.561. The van der Waals surface area contributed by atoms with Crippen molar-refractivity contribution in [1.82, 2.24) is 5.43 Å². The summed E-state index contributed by atoms with van der Waals surface area (Å²) in [6.07, 6.45) is 0. The van der Waals surface area contributed by atoms with Gasteiger partial charge in [-0.25, -0.2) is 5.43 Å². The fourth-order valence-corrected chi connectivity index (χ4v) is 2.52. The SMILES string of the molecule is COc1ccc(/C(C)=N/NC(=O)c2cccc3ccccc23)cc1. The van der Waals surface area contributed by atoms with E-state index in [1.54, 1.807) is 13.2 Å². The first-order valence-electron chi connectivity index (χ1n) is 7.66. The number of ether oxygens (including phenoxy) is 1. The maximum Gasteiger partial charge on any atom is 0.272 e. The van der Waals surface area contributed by atoms with Gasteiger partial charge in [-0.3, -0.25) is 4.79 Å². The molecule has 4 heteroatoms. The summed E-state index contributed by atoms with van der Waals surface area (Å²) < 4.78 is 5.14. The molecule has 0 heterocycles. The number of benzene rings is 3. The van der Waals surface area contributed by atoms with Crippen molar-refractivity contribution in [2.45, 2.75) is 6.92 Å². The van der Waals surface area contributed by atoms with Crippen molar-refractivity contribution in [3.05, 3.63) is 77.9 Å². The summed E-state index contributed by atoms with van der Waals surface area (Å²) in [4.78, 5) is 12.5. The van der Waals surface area contributed by atoms with Gasteiger partial charge in [0.05, 0.1) is 12.8 Å². The number of carbonyl (C=O) groups excluding carboxylic acids is 1. The van der Waals surface area contributed by atoms with E-state index in [0.29, 0.717) is 5.56 Å². The second-order valence-corrected chi connectivity index (χ2v) is 5.39. The molecule has 0 fully saturated rings. The summed E-state index contributed by atoms with van der Waals surface area (Å²) >= 11 is 0. The number of hydrogen-bond donors (Lipinski definition) is 1. The molecule has 0 radical (unpaired) electrons. The number of nitrogens with one attached hydrogen (secondary N) is 1. The van der Waals surface area contributed by atoms with Crippen molar-refractivity contribution in [3.8, 4) is 5.75 Å². The molecular formula is C20H18N2O2. The van der Waals surface area contributed by atoms with Gasteiger partial charge in [-0.05, 0) is 53.6 Å². The predicted molar refractivity (Wildman–Crippen MR) is 96.6 cm³/mol. The lowest BCUT2D eigenvalue weighted by Gasteiger charge is -2.06. The highest BCUT2D eigenvalue weighted by atomic mass is 16.5. The van der Waals surface area contributed by atoms with Crippen LogP contribution in [0.5, 0.6) is 5.75 Å². The Bertz CT molecular complexity index is 894. The van der Waals surface area contributed by atoms with Crippen molar-refractivity contribution >= 4 is 22.4 Å². The number of nitrogens with zero attached hydrogens (tertiary/aromatic N) is 1. The zero-order valence-corrected chi connectivity index (χ0v) is 13.6. The molecule has 0 aliphatic heterocycles. The van der Waals surface area contributed by atoms with Gasteiger partial charge in [0.1, 0.15) is 5.75 Å². The first-order chi connectivity index (χ1) is 11.7. The van der Waals surface area contributed by atoms with Gasteiger partial charge >= 0.3 is 0 Å². The van der Waals surface area contributed by atoms with Crippen molar-refractivity contribution in [2.24, 2.45) is 5.10 Å². The molecule has 4 nitrogen and oxygen atoms in total. The van der Waals surface area contributed by atoms with Crippen LogP contribution in [0.15, 0.2) is 71.8 Å². The summed E-state index contributed by atoms with van der Waals surface area (Å²) in [6, 6.07) is 21.0. The molecule has 120 valence electrons. The lowest BCUT2D eigenvalue weighted by molar-refractivity contribution is 0.0956. The average Bonchev–Trinajstić information content (AvgIpc) is 2.65. The number of methoxy groups -OCH3 is 1. The van der Waals surface area contributed by atoms with E-state index >= 15 is 0 Å². The van der Waals surface area contributed by atoms with E-state index < -0.39 is 0 Å². The van der Waals surface area contributed by atoms with E-state index in [1.165, 1.54) is 0 Å². The minimum atomic E-state index is -0.223. The third kappa shape index (κ3) is 3.27. The van der Waals surface area contributed by atoms with Crippen molar-refractivity contribution in [3.63, 3.8) is 0 Å². The van der Waals surface area contributed by atoms with Crippen molar-refractivity contribution in [2.75, 3.05) is 7.11 Å². The molecule has 0 aliphatic carbocycles. The molecule has 0 bridgehead atoms. The first kappa shape index (κ1) is 15.7. The minimum Gasteiger partial charge on any atom is -0.497 e. The highest BCUT2D eigenvalue weighted by molar-refractivity contribution is 6.07. The number of amides is 1. The summed E-state index contributed by atoms with van der Waals surface area (Å²) in [6.45, 7) is 1.85. The van der Waals surface area contributed by atoms with Gasteiger partial charge in [0.25, 0.3) is 5.91 Å². The average molecular weight is 318 g/mol. The molecule has 0 saturated carbocycles. The fourth-order valence-electron chi connectivity index (χ4n) is 2.52. The van der Waals surface area contributed by atoms with Gasteiger partial charge < -0.3 is 4.74 Å². The summed E-state index contributed by atoms with van der Waals surface area (Å²) in [5.41, 5.74) is 4.90. The number of carbonyl (C=O) groups is 1.